The van der Waals surface area contributed by atoms with Crippen LogP contribution >= 0.6 is 0 Å². The van der Waals surface area contributed by atoms with E-state index in [0.29, 0.717) is 12.3 Å². The zero-order valence-corrected chi connectivity index (χ0v) is 16.2. The van der Waals surface area contributed by atoms with Crippen LogP contribution in [0.25, 0.3) is 10.8 Å². The van der Waals surface area contributed by atoms with Gasteiger partial charge in [0.05, 0.1) is 6.42 Å². The molecule has 1 fully saturated rings. The molecule has 0 spiro atoms. The average molecular weight is 374 g/mol. The summed E-state index contributed by atoms with van der Waals surface area (Å²) >= 11 is 0. The van der Waals surface area contributed by atoms with Gasteiger partial charge in [-0.05, 0) is 59.8 Å². The van der Waals surface area contributed by atoms with Gasteiger partial charge in [-0.25, -0.2) is 0 Å². The molecule has 3 aromatic rings. The molecule has 144 valence electrons. The molecule has 2 aromatic carbocycles. The van der Waals surface area contributed by atoms with Crippen molar-refractivity contribution in [2.45, 2.75) is 25.8 Å². The lowest BCUT2D eigenvalue weighted by molar-refractivity contribution is -0.120. The van der Waals surface area contributed by atoms with Crippen molar-refractivity contribution >= 4 is 16.7 Å². The van der Waals surface area contributed by atoms with Gasteiger partial charge < -0.3 is 5.32 Å². The summed E-state index contributed by atoms with van der Waals surface area (Å²) in [7, 11) is 0. The molecule has 1 aliphatic rings. The van der Waals surface area contributed by atoms with Crippen molar-refractivity contribution < 1.29 is 4.79 Å². The van der Waals surface area contributed by atoms with Crippen molar-refractivity contribution in [1.82, 2.24) is 15.2 Å². The smallest absolute Gasteiger partial charge is 0.224 e. The van der Waals surface area contributed by atoms with Gasteiger partial charge in [0, 0.05) is 25.5 Å². The molecule has 1 N–H and O–H groups in total. The van der Waals surface area contributed by atoms with Gasteiger partial charge in [0.25, 0.3) is 0 Å². The third-order valence-electron chi connectivity index (χ3n) is 5.65. The maximum Gasteiger partial charge on any atom is 0.224 e. The topological polar surface area (TPSA) is 45.2 Å². The lowest BCUT2D eigenvalue weighted by atomic mass is 9.96. The van der Waals surface area contributed by atoms with E-state index in [1.807, 2.05) is 36.7 Å². The largest absolute Gasteiger partial charge is 0.356 e. The third kappa shape index (κ3) is 4.76. The van der Waals surface area contributed by atoms with Crippen LogP contribution in [0.3, 0.4) is 0 Å². The highest BCUT2D eigenvalue weighted by Gasteiger charge is 2.20. The van der Waals surface area contributed by atoms with Crippen LogP contribution in [0.15, 0.2) is 67.0 Å². The number of benzene rings is 2. The van der Waals surface area contributed by atoms with Crippen molar-refractivity contribution in [2.24, 2.45) is 5.92 Å². The predicted molar refractivity (Wildman–Crippen MR) is 113 cm³/mol. The lowest BCUT2D eigenvalue weighted by Crippen LogP contribution is -2.38. The Kier molecular flexibility index (Phi) is 5.98. The summed E-state index contributed by atoms with van der Waals surface area (Å²) in [6.45, 7) is 3.91. The van der Waals surface area contributed by atoms with Crippen LogP contribution in [-0.2, 0) is 17.8 Å². The molecule has 1 saturated heterocycles. The highest BCUT2D eigenvalue weighted by Crippen LogP contribution is 2.20. The summed E-state index contributed by atoms with van der Waals surface area (Å²) in [5.74, 6) is 0.691. The van der Waals surface area contributed by atoms with Crippen molar-refractivity contribution in [3.05, 3.63) is 78.1 Å². The van der Waals surface area contributed by atoms with Gasteiger partial charge >= 0.3 is 0 Å². The SMILES string of the molecule is O=C(Cc1cccc2ccccc12)NCC1CCN(Cc2cccnc2)CC1. The van der Waals surface area contributed by atoms with E-state index in [0.717, 1.165) is 44.6 Å². The molecule has 1 aliphatic heterocycles. The zero-order valence-electron chi connectivity index (χ0n) is 16.2. The molecule has 1 aromatic heterocycles. The molecular formula is C24H27N3O. The first-order valence-electron chi connectivity index (χ1n) is 10.1. The summed E-state index contributed by atoms with van der Waals surface area (Å²) < 4.78 is 0. The minimum absolute atomic E-state index is 0.120. The average Bonchev–Trinajstić information content (AvgIpc) is 2.74. The molecule has 1 amide bonds. The van der Waals surface area contributed by atoms with E-state index in [1.165, 1.54) is 16.3 Å². The predicted octanol–water partition coefficient (Wildman–Crippen LogP) is 3.81. The van der Waals surface area contributed by atoms with E-state index >= 15 is 0 Å². The van der Waals surface area contributed by atoms with Gasteiger partial charge in [-0.1, -0.05) is 48.5 Å². The number of aromatic nitrogens is 1. The van der Waals surface area contributed by atoms with E-state index in [2.05, 4.69) is 45.5 Å². The molecule has 0 radical (unpaired) electrons. The Labute approximate surface area is 166 Å². The molecule has 28 heavy (non-hydrogen) atoms. The quantitative estimate of drug-likeness (QED) is 0.715. The standard InChI is InChI=1S/C24H27N3O/c28-24(15-22-8-3-7-21-6-1-2-9-23(21)22)26-17-19-10-13-27(14-11-19)18-20-5-4-12-25-16-20/h1-9,12,16,19H,10-11,13-15,17-18H2,(H,26,28). The molecule has 4 nitrogen and oxygen atoms in total. The molecule has 0 bridgehead atoms. The first-order valence-corrected chi connectivity index (χ1v) is 10.1. The number of fused-ring (bicyclic) bond motifs is 1. The summed E-state index contributed by atoms with van der Waals surface area (Å²) in [5.41, 5.74) is 2.37. The van der Waals surface area contributed by atoms with Crippen molar-refractivity contribution in [3.63, 3.8) is 0 Å². The van der Waals surface area contributed by atoms with Crippen molar-refractivity contribution in [3.8, 4) is 0 Å². The normalized spacial score (nSPS) is 15.6. The molecule has 0 aliphatic carbocycles. The van der Waals surface area contributed by atoms with Crippen LogP contribution in [0.4, 0.5) is 0 Å². The van der Waals surface area contributed by atoms with Crippen molar-refractivity contribution in [1.29, 1.82) is 0 Å². The van der Waals surface area contributed by atoms with Gasteiger partial charge in [-0.3, -0.25) is 14.7 Å². The highest BCUT2D eigenvalue weighted by molar-refractivity contribution is 5.90. The van der Waals surface area contributed by atoms with Gasteiger partial charge in [0.2, 0.25) is 5.91 Å². The van der Waals surface area contributed by atoms with Gasteiger partial charge in [-0.2, -0.15) is 0 Å². The second-order valence-corrected chi connectivity index (χ2v) is 7.70. The Balaban J connectivity index is 1.23. The second-order valence-electron chi connectivity index (χ2n) is 7.70. The summed E-state index contributed by atoms with van der Waals surface area (Å²) in [6, 6.07) is 18.6. The maximum atomic E-state index is 12.5. The monoisotopic (exact) mass is 373 g/mol. The first-order chi connectivity index (χ1) is 13.8. The number of hydrogen-bond acceptors (Lipinski definition) is 3. The Morgan fingerprint density at radius 1 is 1.04 bits per heavy atom. The van der Waals surface area contributed by atoms with Crippen LogP contribution in [-0.4, -0.2) is 35.4 Å². The number of hydrogen-bond donors (Lipinski definition) is 1. The van der Waals surface area contributed by atoms with E-state index < -0.39 is 0 Å². The Morgan fingerprint density at radius 2 is 1.86 bits per heavy atom. The molecule has 4 heteroatoms. The van der Waals surface area contributed by atoms with E-state index in [-0.39, 0.29) is 5.91 Å². The van der Waals surface area contributed by atoms with Crippen LogP contribution in [0.2, 0.25) is 0 Å². The number of carbonyl (C=O) groups is 1. The number of nitrogens with zero attached hydrogens (tertiary/aromatic N) is 2. The summed E-state index contributed by atoms with van der Waals surface area (Å²) in [5, 5.41) is 5.52. The number of nitrogens with one attached hydrogen (secondary N) is 1. The van der Waals surface area contributed by atoms with Crippen LogP contribution in [0.1, 0.15) is 24.0 Å². The number of carbonyl (C=O) groups excluding carboxylic acids is 1. The van der Waals surface area contributed by atoms with Crippen LogP contribution < -0.4 is 5.32 Å². The second kappa shape index (κ2) is 8.98. The number of piperidine rings is 1. The van der Waals surface area contributed by atoms with Crippen LogP contribution in [0, 0.1) is 5.92 Å². The third-order valence-corrected chi connectivity index (χ3v) is 5.65. The lowest BCUT2D eigenvalue weighted by Gasteiger charge is -2.32. The number of amides is 1. The van der Waals surface area contributed by atoms with Gasteiger partial charge in [-0.15, -0.1) is 0 Å². The zero-order chi connectivity index (χ0) is 19.2. The fourth-order valence-electron chi connectivity index (χ4n) is 4.04. The minimum atomic E-state index is 0.120. The van der Waals surface area contributed by atoms with Crippen molar-refractivity contribution in [2.75, 3.05) is 19.6 Å². The molecule has 0 saturated carbocycles. The van der Waals surface area contributed by atoms with Gasteiger partial charge in [0.1, 0.15) is 0 Å². The Bertz CT molecular complexity index is 912. The van der Waals surface area contributed by atoms with Crippen LogP contribution in [0.5, 0.6) is 0 Å². The highest BCUT2D eigenvalue weighted by atomic mass is 16.1. The number of pyridine rings is 1. The minimum Gasteiger partial charge on any atom is -0.356 e. The van der Waals surface area contributed by atoms with Gasteiger partial charge in [0.15, 0.2) is 0 Å². The maximum absolute atomic E-state index is 12.5. The van der Waals surface area contributed by atoms with E-state index in [9.17, 15) is 4.79 Å². The number of likely N-dealkylation sites (tertiary alicyclic amines) is 1. The Morgan fingerprint density at radius 3 is 2.68 bits per heavy atom. The molecular weight excluding hydrogens is 346 g/mol. The molecule has 0 unspecified atom stereocenters. The molecule has 0 atom stereocenters. The van der Waals surface area contributed by atoms with E-state index in [1.54, 1.807) is 0 Å². The number of rotatable bonds is 6. The first kappa shape index (κ1) is 18.6. The summed E-state index contributed by atoms with van der Waals surface area (Å²) in [4.78, 5) is 19.1. The fourth-order valence-corrected chi connectivity index (χ4v) is 4.04. The van der Waals surface area contributed by atoms with E-state index in [4.69, 9.17) is 0 Å². The molecule has 4 rings (SSSR count). The Hall–Kier alpha value is -2.72. The summed E-state index contributed by atoms with van der Waals surface area (Å²) in [6.07, 6.45) is 6.47. The fraction of sp³-hybridized carbons (Fsp3) is 0.333. The molecule has 2 heterocycles.